The fourth-order valence-electron chi connectivity index (χ4n) is 3.00. The Bertz CT molecular complexity index is 562. The molecule has 0 fully saturated rings. The third kappa shape index (κ3) is 2.86. The second-order valence-electron chi connectivity index (χ2n) is 5.40. The number of nitrogens with one attached hydrogen (secondary N) is 1. The predicted octanol–water partition coefficient (Wildman–Crippen LogP) is 3.17. The van der Waals surface area contributed by atoms with Crippen molar-refractivity contribution in [2.24, 2.45) is 0 Å². The summed E-state index contributed by atoms with van der Waals surface area (Å²) in [6.45, 7) is 2.14. The van der Waals surface area contributed by atoms with Gasteiger partial charge in [-0.1, -0.05) is 36.4 Å². The van der Waals surface area contributed by atoms with Crippen molar-refractivity contribution >= 4 is 0 Å². The van der Waals surface area contributed by atoms with Gasteiger partial charge in [0.15, 0.2) is 0 Å². The van der Waals surface area contributed by atoms with Crippen LogP contribution in [0, 0.1) is 0 Å². The highest BCUT2D eigenvalue weighted by Gasteiger charge is 2.18. The molecule has 1 N–H and O–H groups in total. The zero-order valence-electron chi connectivity index (χ0n) is 11.9. The van der Waals surface area contributed by atoms with E-state index in [0.717, 1.165) is 31.7 Å². The van der Waals surface area contributed by atoms with Gasteiger partial charge in [-0.25, -0.2) is 0 Å². The van der Waals surface area contributed by atoms with Gasteiger partial charge in [0, 0.05) is 12.5 Å². The molecular weight excluding hydrogens is 246 g/mol. The maximum Gasteiger partial charge on any atom is 0.118 e. The van der Waals surface area contributed by atoms with Crippen LogP contribution in [0.5, 0.6) is 5.75 Å². The maximum absolute atomic E-state index is 5.22. The van der Waals surface area contributed by atoms with Gasteiger partial charge in [-0.2, -0.15) is 0 Å². The number of benzene rings is 2. The van der Waals surface area contributed by atoms with E-state index in [0.29, 0.717) is 5.92 Å². The van der Waals surface area contributed by atoms with Crippen LogP contribution in [-0.4, -0.2) is 20.2 Å². The van der Waals surface area contributed by atoms with Crippen LogP contribution in [-0.2, 0) is 12.8 Å². The maximum atomic E-state index is 5.22. The third-order valence-corrected chi connectivity index (χ3v) is 4.10. The minimum Gasteiger partial charge on any atom is -0.497 e. The Labute approximate surface area is 120 Å². The summed E-state index contributed by atoms with van der Waals surface area (Å²) in [6.07, 6.45) is 2.21. The molecule has 0 saturated heterocycles. The number of ether oxygens (including phenoxy) is 1. The van der Waals surface area contributed by atoms with E-state index in [1.807, 2.05) is 12.1 Å². The average Bonchev–Trinajstić information content (AvgIpc) is 2.71. The van der Waals surface area contributed by atoms with E-state index in [1.54, 1.807) is 7.11 Å². The van der Waals surface area contributed by atoms with Crippen LogP contribution in [0.3, 0.4) is 0 Å². The molecule has 1 atom stereocenters. The highest BCUT2D eigenvalue weighted by molar-refractivity contribution is 5.35. The van der Waals surface area contributed by atoms with E-state index >= 15 is 0 Å². The topological polar surface area (TPSA) is 21.3 Å². The molecule has 20 heavy (non-hydrogen) atoms. The van der Waals surface area contributed by atoms with Crippen molar-refractivity contribution in [2.45, 2.75) is 18.8 Å². The van der Waals surface area contributed by atoms with Gasteiger partial charge in [0.1, 0.15) is 5.75 Å². The van der Waals surface area contributed by atoms with E-state index in [1.165, 1.54) is 16.7 Å². The van der Waals surface area contributed by atoms with Gasteiger partial charge < -0.3 is 10.1 Å². The zero-order chi connectivity index (χ0) is 13.8. The van der Waals surface area contributed by atoms with Crippen LogP contribution in [0.1, 0.15) is 22.6 Å². The lowest BCUT2D eigenvalue weighted by atomic mass is 9.89. The Kier molecular flexibility index (Phi) is 4.03. The largest absolute Gasteiger partial charge is 0.497 e. The first-order valence-corrected chi connectivity index (χ1v) is 7.28. The van der Waals surface area contributed by atoms with Crippen LogP contribution >= 0.6 is 0 Å². The summed E-state index contributed by atoms with van der Waals surface area (Å²) in [4.78, 5) is 0. The number of hydrogen-bond donors (Lipinski definition) is 1. The molecule has 1 aliphatic heterocycles. The standard InChI is InChI=1S/C18H21NO/c1-20-17-8-6-14(7-9-17)12-16-13-19-11-10-15-4-2-3-5-18(15)16/h2-9,16,19H,10-13H2,1H3/t16-/m1/s1. The molecule has 2 aromatic rings. The lowest BCUT2D eigenvalue weighted by Gasteiger charge is -2.18. The van der Waals surface area contributed by atoms with Crippen molar-refractivity contribution in [2.75, 3.05) is 20.2 Å². The molecule has 1 heterocycles. The molecule has 104 valence electrons. The Hall–Kier alpha value is -1.80. The van der Waals surface area contributed by atoms with Crippen LogP contribution in [0.2, 0.25) is 0 Å². The van der Waals surface area contributed by atoms with Crippen molar-refractivity contribution < 1.29 is 4.74 Å². The first-order valence-electron chi connectivity index (χ1n) is 7.28. The lowest BCUT2D eigenvalue weighted by molar-refractivity contribution is 0.414. The second kappa shape index (κ2) is 6.10. The molecule has 0 spiro atoms. The molecule has 0 aromatic heterocycles. The molecular formula is C18H21NO. The first-order chi connectivity index (χ1) is 9.86. The molecule has 0 amide bonds. The Morgan fingerprint density at radius 3 is 2.70 bits per heavy atom. The van der Waals surface area contributed by atoms with E-state index < -0.39 is 0 Å². The molecule has 0 radical (unpaired) electrons. The molecule has 2 heteroatoms. The smallest absolute Gasteiger partial charge is 0.118 e. The van der Waals surface area contributed by atoms with Gasteiger partial charge in [0.05, 0.1) is 7.11 Å². The van der Waals surface area contributed by atoms with Gasteiger partial charge in [-0.15, -0.1) is 0 Å². The van der Waals surface area contributed by atoms with E-state index in [4.69, 9.17) is 4.74 Å². The average molecular weight is 267 g/mol. The van der Waals surface area contributed by atoms with E-state index in [-0.39, 0.29) is 0 Å². The van der Waals surface area contributed by atoms with Gasteiger partial charge in [-0.3, -0.25) is 0 Å². The normalized spacial score (nSPS) is 18.1. The molecule has 3 rings (SSSR count). The minimum atomic E-state index is 0.557. The summed E-state index contributed by atoms with van der Waals surface area (Å²) in [5, 5.41) is 3.56. The summed E-state index contributed by atoms with van der Waals surface area (Å²) >= 11 is 0. The van der Waals surface area contributed by atoms with Crippen molar-refractivity contribution in [3.8, 4) is 5.75 Å². The molecule has 1 aliphatic rings. The summed E-state index contributed by atoms with van der Waals surface area (Å²) in [7, 11) is 1.71. The summed E-state index contributed by atoms with van der Waals surface area (Å²) < 4.78 is 5.22. The fourth-order valence-corrected chi connectivity index (χ4v) is 3.00. The van der Waals surface area contributed by atoms with Crippen LogP contribution in [0.15, 0.2) is 48.5 Å². The molecule has 0 saturated carbocycles. The molecule has 2 aromatic carbocycles. The summed E-state index contributed by atoms with van der Waals surface area (Å²) in [5.74, 6) is 1.48. The quantitative estimate of drug-likeness (QED) is 0.922. The van der Waals surface area contributed by atoms with Crippen LogP contribution in [0.25, 0.3) is 0 Å². The van der Waals surface area contributed by atoms with Gasteiger partial charge in [0.2, 0.25) is 0 Å². The molecule has 2 nitrogen and oxygen atoms in total. The van der Waals surface area contributed by atoms with Crippen molar-refractivity contribution in [1.82, 2.24) is 5.32 Å². The van der Waals surface area contributed by atoms with Crippen LogP contribution in [0.4, 0.5) is 0 Å². The second-order valence-corrected chi connectivity index (χ2v) is 5.40. The number of hydrogen-bond acceptors (Lipinski definition) is 2. The fraction of sp³-hybridized carbons (Fsp3) is 0.333. The Balaban J connectivity index is 1.82. The lowest BCUT2D eigenvalue weighted by Crippen LogP contribution is -2.21. The SMILES string of the molecule is COc1ccc(C[C@@H]2CNCCc3ccccc32)cc1. The Morgan fingerprint density at radius 1 is 1.10 bits per heavy atom. The number of methoxy groups -OCH3 is 1. The van der Waals surface area contributed by atoms with Crippen molar-refractivity contribution in [3.05, 3.63) is 65.2 Å². The summed E-state index contributed by atoms with van der Waals surface area (Å²) in [6, 6.07) is 17.3. The molecule has 0 bridgehead atoms. The molecule has 0 aliphatic carbocycles. The zero-order valence-corrected chi connectivity index (χ0v) is 11.9. The summed E-state index contributed by atoms with van der Waals surface area (Å²) in [5.41, 5.74) is 4.37. The Morgan fingerprint density at radius 2 is 1.90 bits per heavy atom. The van der Waals surface area contributed by atoms with Crippen LogP contribution < -0.4 is 10.1 Å². The van der Waals surface area contributed by atoms with Gasteiger partial charge in [0.25, 0.3) is 0 Å². The van der Waals surface area contributed by atoms with E-state index in [2.05, 4.69) is 41.7 Å². The highest BCUT2D eigenvalue weighted by Crippen LogP contribution is 2.26. The highest BCUT2D eigenvalue weighted by atomic mass is 16.5. The molecule has 0 unspecified atom stereocenters. The van der Waals surface area contributed by atoms with Crippen molar-refractivity contribution in [3.63, 3.8) is 0 Å². The van der Waals surface area contributed by atoms with Gasteiger partial charge >= 0.3 is 0 Å². The number of fused-ring (bicyclic) bond motifs is 1. The predicted molar refractivity (Wildman–Crippen MR) is 82.5 cm³/mol. The third-order valence-electron chi connectivity index (χ3n) is 4.10. The first kappa shape index (κ1) is 13.2. The monoisotopic (exact) mass is 267 g/mol. The van der Waals surface area contributed by atoms with Gasteiger partial charge in [-0.05, 0) is 48.2 Å². The van der Waals surface area contributed by atoms with Crippen molar-refractivity contribution in [1.29, 1.82) is 0 Å². The minimum absolute atomic E-state index is 0.557. The van der Waals surface area contributed by atoms with E-state index in [9.17, 15) is 0 Å². The number of rotatable bonds is 3.